The number of nitrogens with one attached hydrogen (secondary N) is 1. The van der Waals surface area contributed by atoms with Gasteiger partial charge in [-0.05, 0) is 25.7 Å². The van der Waals surface area contributed by atoms with Crippen LogP contribution in [0.1, 0.15) is 66.2 Å². The largest absolute Gasteiger partial charge is 0.351 e. The highest BCUT2D eigenvalue weighted by Gasteiger charge is 2.46. The average Bonchev–Trinajstić information content (AvgIpc) is 3.13. The molecule has 2 atom stereocenters. The molecule has 5 N–H and O–H groups in total. The first kappa shape index (κ1) is 21.6. The summed E-state index contributed by atoms with van der Waals surface area (Å²) in [5.41, 5.74) is 13.0. The maximum atomic E-state index is 6.48. The topological polar surface area (TPSA) is 80.7 Å². The van der Waals surface area contributed by atoms with E-state index in [1.807, 2.05) is 0 Å². The van der Waals surface area contributed by atoms with Crippen LogP contribution in [-0.2, 0) is 0 Å². The van der Waals surface area contributed by atoms with Crippen molar-refractivity contribution >= 4 is 7.26 Å². The maximum Gasteiger partial charge on any atom is 0.118 e. The summed E-state index contributed by atoms with van der Waals surface area (Å²) in [5.74, 6) is 0.742. The first-order valence-electron chi connectivity index (χ1n) is 8.89. The van der Waals surface area contributed by atoms with Gasteiger partial charge >= 0.3 is 0 Å². The number of unbranched alkanes of at least 4 members (excludes halogenated alkanes) is 2. The van der Waals surface area contributed by atoms with Crippen molar-refractivity contribution in [2.24, 2.45) is 11.5 Å². The Hall–Kier alpha value is -0.440. The minimum atomic E-state index is -1.16. The van der Waals surface area contributed by atoms with Gasteiger partial charge < -0.3 is 4.98 Å². The van der Waals surface area contributed by atoms with E-state index in [0.717, 1.165) is 12.8 Å². The fourth-order valence-electron chi connectivity index (χ4n) is 2.87. The van der Waals surface area contributed by atoms with Crippen molar-refractivity contribution in [2.75, 3.05) is 12.3 Å². The lowest BCUT2D eigenvalue weighted by atomic mass is 10.4. The van der Waals surface area contributed by atoms with Crippen LogP contribution in [0.15, 0.2) is 18.7 Å². The number of aromatic amines is 1. The highest BCUT2D eigenvalue weighted by atomic mass is 31.2. The lowest BCUT2D eigenvalue weighted by Gasteiger charge is -2.36. The second kappa shape index (κ2) is 13.0. The van der Waals surface area contributed by atoms with E-state index in [1.54, 1.807) is 18.7 Å². The molecule has 0 saturated carbocycles. The van der Waals surface area contributed by atoms with E-state index >= 15 is 0 Å². The van der Waals surface area contributed by atoms with Gasteiger partial charge in [-0.15, -0.1) is 0 Å². The van der Waals surface area contributed by atoms with Gasteiger partial charge in [0.05, 0.1) is 18.7 Å². The molecule has 0 amide bonds. The van der Waals surface area contributed by atoms with Gasteiger partial charge in [0.1, 0.15) is 11.6 Å². The monoisotopic (exact) mass is 329 g/mol. The van der Waals surface area contributed by atoms with Gasteiger partial charge in [-0.2, -0.15) is 0 Å². The Bertz CT molecular complexity index is 292. The molecular formula is C17H38N4P+. The molecule has 4 nitrogen and oxygen atoms in total. The molecular weight excluding hydrogens is 291 g/mol. The molecule has 0 aliphatic carbocycles. The second-order valence-corrected chi connectivity index (χ2v) is 10.4. The molecule has 130 valence electrons. The molecule has 0 fully saturated rings. The summed E-state index contributed by atoms with van der Waals surface area (Å²) in [6.07, 6.45) is 15.0. The van der Waals surface area contributed by atoms with Crippen LogP contribution in [0.3, 0.4) is 0 Å². The first-order valence-corrected chi connectivity index (χ1v) is 11.2. The fraction of sp³-hybridized carbons (Fsp3) is 0.824. The summed E-state index contributed by atoms with van der Waals surface area (Å²) >= 11 is 0. The van der Waals surface area contributed by atoms with Crippen molar-refractivity contribution < 1.29 is 0 Å². The van der Waals surface area contributed by atoms with Crippen LogP contribution in [-0.4, -0.2) is 33.9 Å². The zero-order valence-electron chi connectivity index (χ0n) is 15.1. The predicted molar refractivity (Wildman–Crippen MR) is 102 cm³/mol. The van der Waals surface area contributed by atoms with Crippen molar-refractivity contribution in [3.63, 3.8) is 0 Å². The molecule has 1 aromatic heterocycles. The minimum Gasteiger partial charge on any atom is -0.351 e. The number of imidazole rings is 1. The predicted octanol–water partition coefficient (Wildman–Crippen LogP) is 4.40. The van der Waals surface area contributed by atoms with E-state index in [4.69, 9.17) is 11.5 Å². The summed E-state index contributed by atoms with van der Waals surface area (Å²) in [6.45, 7) is 8.98. The lowest BCUT2D eigenvalue weighted by molar-refractivity contribution is 0.742. The fourth-order valence-corrected chi connectivity index (χ4v) is 8.17. The molecule has 0 spiro atoms. The van der Waals surface area contributed by atoms with Gasteiger partial charge in [-0.1, -0.05) is 40.5 Å². The molecule has 0 aromatic carbocycles. The van der Waals surface area contributed by atoms with Gasteiger partial charge in [0.15, 0.2) is 0 Å². The Morgan fingerprint density at radius 1 is 0.955 bits per heavy atom. The number of nitrogens with two attached hydrogens (primary N) is 2. The number of nitrogens with zero attached hydrogens (tertiary/aromatic N) is 1. The molecule has 0 radical (unpaired) electrons. The van der Waals surface area contributed by atoms with Crippen molar-refractivity contribution in [1.29, 1.82) is 0 Å². The van der Waals surface area contributed by atoms with Crippen LogP contribution < -0.4 is 11.5 Å². The van der Waals surface area contributed by atoms with E-state index in [9.17, 15) is 0 Å². The number of rotatable bonds is 10. The molecule has 2 unspecified atom stereocenters. The van der Waals surface area contributed by atoms with Crippen molar-refractivity contribution in [1.82, 2.24) is 9.97 Å². The van der Waals surface area contributed by atoms with Gasteiger partial charge in [0.25, 0.3) is 0 Å². The molecule has 1 aromatic rings. The van der Waals surface area contributed by atoms with Gasteiger partial charge in [0.2, 0.25) is 0 Å². The zero-order valence-corrected chi connectivity index (χ0v) is 16.0. The van der Waals surface area contributed by atoms with Crippen LogP contribution in [0.25, 0.3) is 0 Å². The standard InChI is InChI=1S/C14H34N2P.C3H4N2/c1-5-9-11-17(12-10-6-2,13(15)7-3)14(16)8-4;1-2-5-3-4-1/h13-14H,5-12,15-16H2,1-4H3;1-3H,(H,4,5)/q+1;. The first-order chi connectivity index (χ1) is 10.6. The van der Waals surface area contributed by atoms with Crippen molar-refractivity contribution in [2.45, 2.75) is 77.8 Å². The third-order valence-corrected chi connectivity index (χ3v) is 10.1. The zero-order chi connectivity index (χ0) is 16.8. The van der Waals surface area contributed by atoms with Crippen LogP contribution in [0.5, 0.6) is 0 Å². The maximum absolute atomic E-state index is 6.48. The van der Waals surface area contributed by atoms with Crippen molar-refractivity contribution in [3.8, 4) is 0 Å². The Morgan fingerprint density at radius 2 is 1.45 bits per heavy atom. The molecule has 22 heavy (non-hydrogen) atoms. The summed E-state index contributed by atoms with van der Waals surface area (Å²) in [7, 11) is -1.16. The number of aromatic nitrogens is 2. The van der Waals surface area contributed by atoms with Gasteiger partial charge in [0, 0.05) is 19.7 Å². The summed E-state index contributed by atoms with van der Waals surface area (Å²) < 4.78 is 0. The number of H-pyrrole nitrogens is 1. The van der Waals surface area contributed by atoms with Crippen LogP contribution in [0, 0.1) is 0 Å². The van der Waals surface area contributed by atoms with E-state index in [0.29, 0.717) is 11.6 Å². The second-order valence-electron chi connectivity index (χ2n) is 5.97. The SMILES string of the molecule is CCCC[P+](CCCC)(C(N)CC)C(N)CC.c1c[nH]cn1. The summed E-state index contributed by atoms with van der Waals surface area (Å²) in [4.78, 5) is 6.42. The van der Waals surface area contributed by atoms with E-state index in [1.165, 1.54) is 38.0 Å². The van der Waals surface area contributed by atoms with E-state index in [-0.39, 0.29) is 0 Å². The Kier molecular flexibility index (Phi) is 12.8. The minimum absolute atomic E-state index is 0.371. The Morgan fingerprint density at radius 3 is 1.68 bits per heavy atom. The Labute approximate surface area is 138 Å². The molecule has 0 saturated heterocycles. The smallest absolute Gasteiger partial charge is 0.118 e. The third-order valence-electron chi connectivity index (χ3n) is 4.42. The highest BCUT2D eigenvalue weighted by molar-refractivity contribution is 7.77. The molecule has 0 aliphatic rings. The Balaban J connectivity index is 0.000000734. The summed E-state index contributed by atoms with van der Waals surface area (Å²) in [5, 5.41) is 0. The normalized spacial score (nSPS) is 14.1. The highest BCUT2D eigenvalue weighted by Crippen LogP contribution is 2.66. The molecule has 1 rings (SSSR count). The van der Waals surface area contributed by atoms with Crippen LogP contribution in [0.4, 0.5) is 0 Å². The molecule has 1 heterocycles. The number of hydrogen-bond acceptors (Lipinski definition) is 3. The molecule has 0 aliphatic heterocycles. The number of hydrogen-bond donors (Lipinski definition) is 3. The van der Waals surface area contributed by atoms with E-state index < -0.39 is 7.26 Å². The van der Waals surface area contributed by atoms with Crippen molar-refractivity contribution in [3.05, 3.63) is 18.7 Å². The van der Waals surface area contributed by atoms with Gasteiger partial charge in [-0.3, -0.25) is 11.5 Å². The lowest BCUT2D eigenvalue weighted by Crippen LogP contribution is -2.38. The average molecular weight is 329 g/mol. The summed E-state index contributed by atoms with van der Waals surface area (Å²) in [6, 6.07) is 0. The third kappa shape index (κ3) is 7.21. The van der Waals surface area contributed by atoms with Crippen LogP contribution in [0.2, 0.25) is 0 Å². The molecule has 0 bridgehead atoms. The quantitative estimate of drug-likeness (QED) is 0.556. The van der Waals surface area contributed by atoms with Gasteiger partial charge in [-0.25, -0.2) is 4.98 Å². The van der Waals surface area contributed by atoms with Crippen LogP contribution >= 0.6 is 7.26 Å². The van der Waals surface area contributed by atoms with E-state index in [2.05, 4.69) is 37.7 Å². The molecule has 5 heteroatoms.